The first-order chi connectivity index (χ1) is 9.15. The highest BCUT2D eigenvalue weighted by molar-refractivity contribution is 9.10. The molecule has 7 heteroatoms. The van der Waals surface area contributed by atoms with Crippen LogP contribution in [0.15, 0.2) is 28.3 Å². The van der Waals surface area contributed by atoms with Crippen LogP contribution in [-0.4, -0.2) is 28.9 Å². The Hall–Kier alpha value is -1.18. The summed E-state index contributed by atoms with van der Waals surface area (Å²) in [6.07, 6.45) is 3.17. The maximum Gasteiger partial charge on any atom is 0.341 e. The Bertz CT molecular complexity index is 567. The number of aromatic nitrogens is 2. The van der Waals surface area contributed by atoms with Crippen LogP contribution in [0.4, 0.5) is 0 Å². The van der Waals surface area contributed by atoms with Gasteiger partial charge in [-0.1, -0.05) is 0 Å². The summed E-state index contributed by atoms with van der Waals surface area (Å²) in [5.41, 5.74) is 6.25. The van der Waals surface area contributed by atoms with E-state index in [9.17, 15) is 4.79 Å². The minimum atomic E-state index is -0.364. The van der Waals surface area contributed by atoms with Gasteiger partial charge in [0.2, 0.25) is 0 Å². The summed E-state index contributed by atoms with van der Waals surface area (Å²) >= 11 is 5.02. The van der Waals surface area contributed by atoms with Crippen LogP contribution in [0, 0.1) is 0 Å². The molecule has 0 saturated carbocycles. The van der Waals surface area contributed by atoms with Crippen LogP contribution in [0.2, 0.25) is 0 Å². The van der Waals surface area contributed by atoms with Gasteiger partial charge in [0.25, 0.3) is 0 Å². The maximum atomic E-state index is 11.6. The molecule has 0 radical (unpaired) electrons. The van der Waals surface area contributed by atoms with Gasteiger partial charge in [0, 0.05) is 27.5 Å². The van der Waals surface area contributed by atoms with E-state index in [-0.39, 0.29) is 12.0 Å². The molecule has 0 saturated heterocycles. The lowest BCUT2D eigenvalue weighted by Gasteiger charge is -2.13. The summed E-state index contributed by atoms with van der Waals surface area (Å²) in [5, 5.41) is 6.20. The summed E-state index contributed by atoms with van der Waals surface area (Å²) in [7, 11) is 0. The lowest BCUT2D eigenvalue weighted by atomic mass is 10.2. The van der Waals surface area contributed by atoms with E-state index in [0.717, 1.165) is 9.35 Å². The van der Waals surface area contributed by atoms with E-state index in [1.54, 1.807) is 29.1 Å². The van der Waals surface area contributed by atoms with Crippen molar-refractivity contribution in [1.82, 2.24) is 9.78 Å². The number of nitrogens with two attached hydrogens (primary N) is 1. The molecule has 0 bridgehead atoms. The first-order valence-electron chi connectivity index (χ1n) is 5.81. The molecule has 0 aliphatic heterocycles. The highest BCUT2D eigenvalue weighted by Gasteiger charge is 2.17. The van der Waals surface area contributed by atoms with Crippen LogP contribution >= 0.6 is 27.3 Å². The molecule has 2 heterocycles. The Kier molecular flexibility index (Phi) is 4.73. The van der Waals surface area contributed by atoms with Gasteiger partial charge in [0.1, 0.15) is 0 Å². The van der Waals surface area contributed by atoms with Crippen LogP contribution in [-0.2, 0) is 4.74 Å². The van der Waals surface area contributed by atoms with E-state index in [1.807, 2.05) is 11.4 Å². The summed E-state index contributed by atoms with van der Waals surface area (Å²) in [6.45, 7) is 2.54. The number of nitrogens with zero attached hydrogens (tertiary/aromatic N) is 2. The average Bonchev–Trinajstić information content (AvgIpc) is 3.01. The third-order valence-corrected chi connectivity index (χ3v) is 4.37. The first kappa shape index (κ1) is 14.2. The van der Waals surface area contributed by atoms with E-state index >= 15 is 0 Å². The van der Waals surface area contributed by atoms with Crippen LogP contribution in [0.1, 0.15) is 28.2 Å². The molecule has 2 N–H and O–H groups in total. The molecule has 102 valence electrons. The number of ether oxygens (including phenoxy) is 1. The highest BCUT2D eigenvalue weighted by Crippen LogP contribution is 2.27. The molecule has 2 rings (SSSR count). The molecular formula is C12H14BrN3O2S. The van der Waals surface area contributed by atoms with Crippen LogP contribution < -0.4 is 5.73 Å². The van der Waals surface area contributed by atoms with Gasteiger partial charge in [0.15, 0.2) is 0 Å². The number of hydrogen-bond donors (Lipinski definition) is 1. The second kappa shape index (κ2) is 6.31. The Morgan fingerprint density at radius 1 is 1.68 bits per heavy atom. The largest absolute Gasteiger partial charge is 0.462 e. The number of esters is 1. The van der Waals surface area contributed by atoms with Crippen molar-refractivity contribution in [1.29, 1.82) is 0 Å². The van der Waals surface area contributed by atoms with E-state index in [1.165, 1.54) is 6.20 Å². The van der Waals surface area contributed by atoms with E-state index < -0.39 is 0 Å². The normalized spacial score (nSPS) is 12.4. The molecule has 19 heavy (non-hydrogen) atoms. The molecule has 0 fully saturated rings. The quantitative estimate of drug-likeness (QED) is 0.846. The predicted octanol–water partition coefficient (Wildman–Crippen LogP) is 2.43. The van der Waals surface area contributed by atoms with Crippen LogP contribution in [0.25, 0.3) is 0 Å². The van der Waals surface area contributed by atoms with Gasteiger partial charge in [-0.3, -0.25) is 4.68 Å². The summed E-state index contributed by atoms with van der Waals surface area (Å²) in [5.74, 6) is -0.364. The fraction of sp³-hybridized carbons (Fsp3) is 0.333. The Balaban J connectivity index is 2.22. The van der Waals surface area contributed by atoms with Crippen LogP contribution in [0.3, 0.4) is 0 Å². The maximum absolute atomic E-state index is 11.6. The van der Waals surface area contributed by atoms with E-state index in [0.29, 0.717) is 18.7 Å². The third kappa shape index (κ3) is 3.23. The lowest BCUT2D eigenvalue weighted by Crippen LogP contribution is -2.20. The van der Waals surface area contributed by atoms with E-state index in [2.05, 4.69) is 21.0 Å². The Morgan fingerprint density at radius 3 is 3.05 bits per heavy atom. The zero-order valence-corrected chi connectivity index (χ0v) is 12.8. The molecular weight excluding hydrogens is 330 g/mol. The minimum absolute atomic E-state index is 0.0699. The van der Waals surface area contributed by atoms with Crippen molar-refractivity contribution in [3.05, 3.63) is 38.8 Å². The SMILES string of the molecule is CCOC(=O)c1cnn(C(CN)c2cc(Br)cs2)c1. The molecule has 2 aromatic rings. The van der Waals surface area contributed by atoms with Crippen LogP contribution in [0.5, 0.6) is 0 Å². The molecule has 0 spiro atoms. The van der Waals surface area contributed by atoms with Gasteiger partial charge in [-0.15, -0.1) is 11.3 Å². The second-order valence-electron chi connectivity index (χ2n) is 3.85. The summed E-state index contributed by atoms with van der Waals surface area (Å²) in [6, 6.07) is 1.94. The van der Waals surface area contributed by atoms with Crippen molar-refractivity contribution >= 4 is 33.2 Å². The predicted molar refractivity (Wildman–Crippen MR) is 77.4 cm³/mol. The summed E-state index contributed by atoms with van der Waals surface area (Å²) < 4.78 is 7.65. The smallest absolute Gasteiger partial charge is 0.341 e. The molecule has 2 aromatic heterocycles. The zero-order valence-electron chi connectivity index (χ0n) is 10.4. The van der Waals surface area contributed by atoms with Gasteiger partial charge < -0.3 is 10.5 Å². The van der Waals surface area contributed by atoms with Crippen molar-refractivity contribution in [2.75, 3.05) is 13.2 Å². The molecule has 1 atom stereocenters. The van der Waals surface area contributed by atoms with E-state index in [4.69, 9.17) is 10.5 Å². The number of hydrogen-bond acceptors (Lipinski definition) is 5. The molecule has 0 aliphatic rings. The third-order valence-electron chi connectivity index (χ3n) is 2.57. The minimum Gasteiger partial charge on any atom is -0.462 e. The fourth-order valence-corrected chi connectivity index (χ4v) is 3.24. The van der Waals surface area contributed by atoms with Crippen molar-refractivity contribution in [3.8, 4) is 0 Å². The van der Waals surface area contributed by atoms with Crippen molar-refractivity contribution < 1.29 is 9.53 Å². The Morgan fingerprint density at radius 2 is 2.47 bits per heavy atom. The van der Waals surface area contributed by atoms with Crippen molar-refractivity contribution in [3.63, 3.8) is 0 Å². The van der Waals surface area contributed by atoms with Gasteiger partial charge in [-0.2, -0.15) is 5.10 Å². The van der Waals surface area contributed by atoms with Gasteiger partial charge in [-0.05, 0) is 28.9 Å². The van der Waals surface area contributed by atoms with Crippen molar-refractivity contribution in [2.24, 2.45) is 5.73 Å². The fourth-order valence-electron chi connectivity index (χ4n) is 1.69. The summed E-state index contributed by atoms with van der Waals surface area (Å²) in [4.78, 5) is 12.7. The van der Waals surface area contributed by atoms with Gasteiger partial charge >= 0.3 is 5.97 Å². The molecule has 0 amide bonds. The number of carbonyl (C=O) groups is 1. The second-order valence-corrected chi connectivity index (χ2v) is 5.71. The van der Waals surface area contributed by atoms with Crippen molar-refractivity contribution in [2.45, 2.75) is 13.0 Å². The topological polar surface area (TPSA) is 70.1 Å². The van der Waals surface area contributed by atoms with Gasteiger partial charge in [0.05, 0.1) is 24.4 Å². The Labute approximate surface area is 123 Å². The lowest BCUT2D eigenvalue weighted by molar-refractivity contribution is 0.0526. The van der Waals surface area contributed by atoms with Gasteiger partial charge in [-0.25, -0.2) is 4.79 Å². The average molecular weight is 344 g/mol. The molecule has 1 unspecified atom stereocenters. The number of rotatable bonds is 5. The number of carbonyl (C=O) groups excluding carboxylic acids is 1. The molecule has 0 aromatic carbocycles. The number of halogens is 1. The monoisotopic (exact) mass is 343 g/mol. The highest BCUT2D eigenvalue weighted by atomic mass is 79.9. The standard InChI is InChI=1S/C12H14BrN3O2S/c1-2-18-12(17)8-5-15-16(6-8)10(4-14)11-3-9(13)7-19-11/h3,5-7,10H,2,4,14H2,1H3. The molecule has 0 aliphatic carbocycles. The first-order valence-corrected chi connectivity index (χ1v) is 7.48. The zero-order chi connectivity index (χ0) is 13.8. The molecule has 5 nitrogen and oxygen atoms in total. The number of thiophene rings is 1.